The zero-order valence-corrected chi connectivity index (χ0v) is 8.82. The monoisotopic (exact) mass is 184 g/mol. The van der Waals surface area contributed by atoms with E-state index in [9.17, 15) is 0 Å². The maximum absolute atomic E-state index is 8.72. The third-order valence-electron chi connectivity index (χ3n) is 1.35. The van der Waals surface area contributed by atoms with Crippen molar-refractivity contribution in [1.82, 2.24) is 4.90 Å². The van der Waals surface area contributed by atoms with E-state index in [0.29, 0.717) is 0 Å². The third kappa shape index (κ3) is 6.11. The molecule has 0 aliphatic rings. The average molecular weight is 184 g/mol. The van der Waals surface area contributed by atoms with E-state index >= 15 is 0 Å². The van der Waals surface area contributed by atoms with E-state index in [0.717, 1.165) is 24.2 Å². The van der Waals surface area contributed by atoms with E-state index < -0.39 is 0 Å². The second-order valence-electron chi connectivity index (χ2n) is 2.83. The molecule has 0 aromatic heterocycles. The molecule has 0 bridgehead atoms. The Bertz CT molecular complexity index is 179. The van der Waals surface area contributed by atoms with Gasteiger partial charge in [0.05, 0.1) is 6.07 Å². The predicted octanol–water partition coefficient (Wildman–Crippen LogP) is 2.10. The van der Waals surface area contributed by atoms with E-state index in [2.05, 4.69) is 12.3 Å². The van der Waals surface area contributed by atoms with Crippen molar-refractivity contribution >= 4 is 11.8 Å². The van der Waals surface area contributed by atoms with Crippen LogP contribution in [-0.4, -0.2) is 31.0 Å². The van der Waals surface area contributed by atoms with Crippen LogP contribution < -0.4 is 0 Å². The van der Waals surface area contributed by atoms with Crippen LogP contribution in [0, 0.1) is 11.3 Å². The number of nitrogens with zero attached hydrogens (tertiary/aromatic N) is 2. The largest absolute Gasteiger partial charge is 0.383 e. The number of allylic oxidation sites excluding steroid dienone is 1. The van der Waals surface area contributed by atoms with Crippen LogP contribution in [0.1, 0.15) is 12.8 Å². The Morgan fingerprint density at radius 1 is 1.58 bits per heavy atom. The van der Waals surface area contributed by atoms with E-state index in [1.54, 1.807) is 0 Å². The minimum absolute atomic E-state index is 0.869. The molecule has 0 saturated carbocycles. The molecule has 0 aromatic carbocycles. The number of thioether (sulfide) groups is 1. The van der Waals surface area contributed by atoms with Crippen LogP contribution in [0.2, 0.25) is 0 Å². The van der Waals surface area contributed by atoms with Gasteiger partial charge in [-0.2, -0.15) is 17.0 Å². The Balaban J connectivity index is 3.78. The van der Waals surface area contributed by atoms with Gasteiger partial charge in [-0.1, -0.05) is 0 Å². The van der Waals surface area contributed by atoms with Crippen LogP contribution in [-0.2, 0) is 0 Å². The summed E-state index contributed by atoms with van der Waals surface area (Å²) in [6, 6.07) is 2.20. The molecular weight excluding hydrogens is 168 g/mol. The first-order valence-corrected chi connectivity index (χ1v) is 5.36. The number of hydrogen-bond donors (Lipinski definition) is 0. The molecule has 2 nitrogen and oxygen atoms in total. The molecule has 0 aliphatic heterocycles. The highest BCUT2D eigenvalue weighted by Crippen LogP contribution is 2.07. The summed E-state index contributed by atoms with van der Waals surface area (Å²) in [4.78, 5) is 1.91. The molecule has 12 heavy (non-hydrogen) atoms. The van der Waals surface area contributed by atoms with Crippen molar-refractivity contribution in [2.24, 2.45) is 0 Å². The van der Waals surface area contributed by atoms with Gasteiger partial charge in [0.2, 0.25) is 0 Å². The lowest BCUT2D eigenvalue weighted by Crippen LogP contribution is -2.02. The molecule has 0 unspecified atom stereocenters. The van der Waals surface area contributed by atoms with E-state index in [4.69, 9.17) is 5.26 Å². The molecule has 0 fully saturated rings. The normalized spacial score (nSPS) is 11.0. The summed E-state index contributed by atoms with van der Waals surface area (Å²) in [5, 5.41) is 8.72. The van der Waals surface area contributed by atoms with Gasteiger partial charge in [-0.15, -0.1) is 0 Å². The lowest BCUT2D eigenvalue weighted by molar-refractivity contribution is 0.557. The van der Waals surface area contributed by atoms with Crippen molar-refractivity contribution < 1.29 is 0 Å². The molecular formula is C9H16N2S. The smallest absolute Gasteiger partial charge is 0.0962 e. The molecule has 0 aromatic rings. The van der Waals surface area contributed by atoms with E-state index in [-0.39, 0.29) is 0 Å². The van der Waals surface area contributed by atoms with Gasteiger partial charge < -0.3 is 4.90 Å². The fourth-order valence-corrected chi connectivity index (χ4v) is 1.30. The highest BCUT2D eigenvalue weighted by atomic mass is 32.2. The minimum Gasteiger partial charge on any atom is -0.383 e. The van der Waals surface area contributed by atoms with Crippen molar-refractivity contribution in [3.63, 3.8) is 0 Å². The number of hydrogen-bond acceptors (Lipinski definition) is 3. The molecule has 0 atom stereocenters. The summed E-state index contributed by atoms with van der Waals surface area (Å²) in [6.45, 7) is 0. The van der Waals surface area contributed by atoms with Gasteiger partial charge in [0.25, 0.3) is 0 Å². The van der Waals surface area contributed by atoms with Gasteiger partial charge in [-0.3, -0.25) is 0 Å². The van der Waals surface area contributed by atoms with Gasteiger partial charge in [-0.05, 0) is 24.9 Å². The van der Waals surface area contributed by atoms with Crippen LogP contribution in [0.25, 0.3) is 0 Å². The van der Waals surface area contributed by atoms with Crippen molar-refractivity contribution in [2.45, 2.75) is 12.8 Å². The van der Waals surface area contributed by atoms with Gasteiger partial charge >= 0.3 is 0 Å². The van der Waals surface area contributed by atoms with Gasteiger partial charge in [-0.25, -0.2) is 0 Å². The molecule has 0 aliphatic carbocycles. The first-order chi connectivity index (χ1) is 5.70. The Hall–Kier alpha value is -0.620. The third-order valence-corrected chi connectivity index (χ3v) is 2.05. The maximum Gasteiger partial charge on any atom is 0.0962 e. The zero-order valence-electron chi connectivity index (χ0n) is 8.00. The first kappa shape index (κ1) is 11.4. The lowest BCUT2D eigenvalue weighted by atomic mass is 10.2. The molecule has 3 heteroatoms. The van der Waals surface area contributed by atoms with Crippen LogP contribution in [0.3, 0.4) is 0 Å². The molecule has 0 saturated heterocycles. The van der Waals surface area contributed by atoms with Gasteiger partial charge in [0, 0.05) is 25.9 Å². The van der Waals surface area contributed by atoms with Gasteiger partial charge in [0.1, 0.15) is 0 Å². The molecule has 0 amide bonds. The standard InChI is InChI=1S/C9H16N2S/c1-11(2)8-9(7-10)5-4-6-12-3/h8H,4-6H2,1-3H3/b9-8-. The molecule has 0 heterocycles. The first-order valence-electron chi connectivity index (χ1n) is 3.97. The topological polar surface area (TPSA) is 27.0 Å². The number of nitriles is 1. The van der Waals surface area contributed by atoms with Crippen LogP contribution >= 0.6 is 11.8 Å². The Kier molecular flexibility index (Phi) is 6.69. The lowest BCUT2D eigenvalue weighted by Gasteiger charge is -2.05. The molecule has 0 N–H and O–H groups in total. The molecule has 68 valence electrons. The maximum atomic E-state index is 8.72. The van der Waals surface area contributed by atoms with Crippen molar-refractivity contribution in [2.75, 3.05) is 26.1 Å². The molecule has 0 spiro atoms. The SMILES string of the molecule is CSCCC/C(C#N)=C/N(C)C. The van der Waals surface area contributed by atoms with Crippen molar-refractivity contribution in [3.8, 4) is 6.07 Å². The average Bonchev–Trinajstić information content (AvgIpc) is 2.02. The van der Waals surface area contributed by atoms with E-state index in [1.807, 2.05) is 37.0 Å². The van der Waals surface area contributed by atoms with Gasteiger partial charge in [0.15, 0.2) is 0 Å². The molecule has 0 rings (SSSR count). The summed E-state index contributed by atoms with van der Waals surface area (Å²) in [7, 11) is 3.87. The predicted molar refractivity (Wildman–Crippen MR) is 55.0 cm³/mol. The second-order valence-corrected chi connectivity index (χ2v) is 3.81. The van der Waals surface area contributed by atoms with Crippen LogP contribution in [0.4, 0.5) is 0 Å². The summed E-state index contributed by atoms with van der Waals surface area (Å²) in [5.74, 6) is 1.13. The van der Waals surface area contributed by atoms with Crippen LogP contribution in [0.15, 0.2) is 11.8 Å². The summed E-state index contributed by atoms with van der Waals surface area (Å²) >= 11 is 1.82. The Labute approximate surface area is 79.2 Å². The Morgan fingerprint density at radius 2 is 2.25 bits per heavy atom. The second kappa shape index (κ2) is 7.05. The highest BCUT2D eigenvalue weighted by Gasteiger charge is 1.95. The van der Waals surface area contributed by atoms with E-state index in [1.165, 1.54) is 0 Å². The fourth-order valence-electron chi connectivity index (χ4n) is 0.868. The number of rotatable bonds is 5. The van der Waals surface area contributed by atoms with Crippen molar-refractivity contribution in [1.29, 1.82) is 5.26 Å². The summed E-state index contributed by atoms with van der Waals surface area (Å²) < 4.78 is 0. The highest BCUT2D eigenvalue weighted by molar-refractivity contribution is 7.98. The van der Waals surface area contributed by atoms with Crippen LogP contribution in [0.5, 0.6) is 0 Å². The fraction of sp³-hybridized carbons (Fsp3) is 0.667. The summed E-state index contributed by atoms with van der Waals surface area (Å²) in [6.07, 6.45) is 5.96. The minimum atomic E-state index is 0.869. The molecule has 0 radical (unpaired) electrons. The zero-order chi connectivity index (χ0) is 9.40. The quantitative estimate of drug-likeness (QED) is 0.483. The van der Waals surface area contributed by atoms with Crippen molar-refractivity contribution in [3.05, 3.63) is 11.8 Å². The Morgan fingerprint density at radius 3 is 2.67 bits per heavy atom. The summed E-state index contributed by atoms with van der Waals surface area (Å²) in [5.41, 5.74) is 0.869.